The van der Waals surface area contributed by atoms with E-state index in [9.17, 15) is 0 Å². The summed E-state index contributed by atoms with van der Waals surface area (Å²) in [5, 5.41) is 1.96. The Bertz CT molecular complexity index is 779. The van der Waals surface area contributed by atoms with E-state index in [-0.39, 0.29) is 0 Å². The van der Waals surface area contributed by atoms with Crippen LogP contribution in [0.25, 0.3) is 0 Å². The van der Waals surface area contributed by atoms with Gasteiger partial charge in [0, 0.05) is 13.1 Å². The lowest BCUT2D eigenvalue weighted by Gasteiger charge is -2.28. The summed E-state index contributed by atoms with van der Waals surface area (Å²) < 4.78 is 0. The van der Waals surface area contributed by atoms with Gasteiger partial charge >= 0.3 is 0 Å². The summed E-state index contributed by atoms with van der Waals surface area (Å²) >= 11 is 0. The molecule has 0 aliphatic carbocycles. The number of anilines is 5. The van der Waals surface area contributed by atoms with Crippen LogP contribution in [0, 0.1) is 0 Å². The van der Waals surface area contributed by atoms with E-state index >= 15 is 0 Å². The molecule has 1 aromatic heterocycles. The molecule has 0 amide bonds. The number of para-hydroxylation sites is 2. The highest BCUT2D eigenvalue weighted by atomic mass is 15.5. The number of nitrogens with one attached hydrogen (secondary N) is 1. The monoisotopic (exact) mass is 348 g/mol. The van der Waals surface area contributed by atoms with Gasteiger partial charge in [-0.15, -0.1) is 0 Å². The summed E-state index contributed by atoms with van der Waals surface area (Å²) in [7, 11) is 0. The number of hydrogen-bond acceptors (Lipinski definition) is 6. The SMILES string of the molecule is CCN(CC)c1ncnc(NN(c2ccccc2)c2ccccc2)c1N. The number of benzene rings is 2. The lowest BCUT2D eigenvalue weighted by molar-refractivity contribution is 0.843. The van der Waals surface area contributed by atoms with Crippen molar-refractivity contribution in [1.29, 1.82) is 0 Å². The third kappa shape index (κ3) is 3.69. The summed E-state index contributed by atoms with van der Waals surface area (Å²) in [6, 6.07) is 20.1. The number of nitrogens with two attached hydrogens (primary N) is 1. The summed E-state index contributed by atoms with van der Waals surface area (Å²) in [5.41, 5.74) is 12.2. The molecule has 6 nitrogen and oxygen atoms in total. The predicted molar refractivity (Wildman–Crippen MR) is 109 cm³/mol. The van der Waals surface area contributed by atoms with Gasteiger partial charge in [0.2, 0.25) is 0 Å². The Balaban J connectivity index is 1.99. The molecule has 0 saturated carbocycles. The second-order valence-electron chi connectivity index (χ2n) is 5.75. The topological polar surface area (TPSA) is 70.3 Å². The molecule has 0 saturated heterocycles. The smallest absolute Gasteiger partial charge is 0.173 e. The van der Waals surface area contributed by atoms with Crippen LogP contribution in [0.2, 0.25) is 0 Å². The first-order chi connectivity index (χ1) is 12.7. The van der Waals surface area contributed by atoms with Gasteiger partial charge in [-0.2, -0.15) is 0 Å². The molecule has 3 N–H and O–H groups in total. The molecule has 1 heterocycles. The van der Waals surface area contributed by atoms with Crippen molar-refractivity contribution in [2.75, 3.05) is 34.2 Å². The number of aromatic nitrogens is 2. The van der Waals surface area contributed by atoms with Crippen LogP contribution < -0.4 is 21.1 Å². The van der Waals surface area contributed by atoms with Gasteiger partial charge in [-0.3, -0.25) is 10.4 Å². The van der Waals surface area contributed by atoms with Gasteiger partial charge in [-0.05, 0) is 38.1 Å². The van der Waals surface area contributed by atoms with E-state index in [0.29, 0.717) is 11.5 Å². The van der Waals surface area contributed by atoms with Crippen molar-refractivity contribution in [2.45, 2.75) is 13.8 Å². The minimum absolute atomic E-state index is 0.535. The molecule has 134 valence electrons. The maximum atomic E-state index is 6.38. The van der Waals surface area contributed by atoms with Crippen molar-refractivity contribution in [3.05, 3.63) is 67.0 Å². The highest BCUT2D eigenvalue weighted by molar-refractivity contribution is 5.78. The second kappa shape index (κ2) is 8.20. The zero-order valence-corrected chi connectivity index (χ0v) is 15.1. The fourth-order valence-electron chi connectivity index (χ4n) is 2.79. The van der Waals surface area contributed by atoms with Crippen LogP contribution in [0.1, 0.15) is 13.8 Å². The summed E-state index contributed by atoms with van der Waals surface area (Å²) in [5.74, 6) is 1.32. The molecule has 0 spiro atoms. The van der Waals surface area contributed by atoms with Crippen LogP contribution in [0.15, 0.2) is 67.0 Å². The molecule has 0 aliphatic heterocycles. The third-order valence-electron chi connectivity index (χ3n) is 4.17. The number of hydrogen-bond donors (Lipinski definition) is 2. The summed E-state index contributed by atoms with van der Waals surface area (Å²) in [6.07, 6.45) is 1.54. The highest BCUT2D eigenvalue weighted by Gasteiger charge is 2.16. The van der Waals surface area contributed by atoms with Gasteiger partial charge in [0.15, 0.2) is 11.6 Å². The number of nitrogen functional groups attached to an aromatic ring is 1. The quantitative estimate of drug-likeness (QED) is 0.627. The van der Waals surface area contributed by atoms with Gasteiger partial charge in [0.25, 0.3) is 0 Å². The molecule has 0 bridgehead atoms. The maximum Gasteiger partial charge on any atom is 0.173 e. The van der Waals surface area contributed by atoms with E-state index in [2.05, 4.69) is 34.1 Å². The van der Waals surface area contributed by atoms with Crippen molar-refractivity contribution in [3.8, 4) is 0 Å². The van der Waals surface area contributed by atoms with Gasteiger partial charge in [-0.1, -0.05) is 36.4 Å². The molecular formula is C20H24N6. The number of rotatable bonds is 7. The predicted octanol–water partition coefficient (Wildman–Crippen LogP) is 4.07. The number of hydrazine groups is 1. The molecule has 2 aromatic carbocycles. The van der Waals surface area contributed by atoms with Crippen molar-refractivity contribution in [3.63, 3.8) is 0 Å². The Morgan fingerprint density at radius 3 is 1.88 bits per heavy atom. The van der Waals surface area contributed by atoms with Crippen LogP contribution in [0.4, 0.5) is 28.7 Å². The first kappa shape index (κ1) is 17.5. The fraction of sp³-hybridized carbons (Fsp3) is 0.200. The summed E-state index contributed by atoms with van der Waals surface area (Å²) in [4.78, 5) is 10.8. The Morgan fingerprint density at radius 1 is 0.846 bits per heavy atom. The third-order valence-corrected chi connectivity index (χ3v) is 4.17. The van der Waals surface area contributed by atoms with E-state index in [0.717, 1.165) is 30.3 Å². The van der Waals surface area contributed by atoms with E-state index in [1.54, 1.807) is 6.33 Å². The first-order valence-corrected chi connectivity index (χ1v) is 8.76. The minimum atomic E-state index is 0.535. The fourth-order valence-corrected chi connectivity index (χ4v) is 2.79. The average Bonchev–Trinajstić information content (AvgIpc) is 2.70. The van der Waals surface area contributed by atoms with Crippen LogP contribution in [0.3, 0.4) is 0 Å². The second-order valence-corrected chi connectivity index (χ2v) is 5.75. The van der Waals surface area contributed by atoms with E-state index < -0.39 is 0 Å². The summed E-state index contributed by atoms with van der Waals surface area (Å²) in [6.45, 7) is 5.83. The van der Waals surface area contributed by atoms with E-state index in [4.69, 9.17) is 5.73 Å². The molecule has 26 heavy (non-hydrogen) atoms. The van der Waals surface area contributed by atoms with Crippen LogP contribution in [-0.2, 0) is 0 Å². The molecule has 0 atom stereocenters. The molecule has 6 heteroatoms. The van der Waals surface area contributed by atoms with Gasteiger partial charge in [-0.25, -0.2) is 9.97 Å². The highest BCUT2D eigenvalue weighted by Crippen LogP contribution is 2.30. The molecule has 0 fully saturated rings. The molecule has 3 aromatic rings. The minimum Gasteiger partial charge on any atom is -0.393 e. The van der Waals surface area contributed by atoms with Gasteiger partial charge in [0.1, 0.15) is 12.0 Å². The van der Waals surface area contributed by atoms with E-state index in [1.807, 2.05) is 65.7 Å². The zero-order chi connectivity index (χ0) is 18.4. The molecule has 3 rings (SSSR count). The van der Waals surface area contributed by atoms with Crippen molar-refractivity contribution >= 4 is 28.7 Å². The zero-order valence-electron chi connectivity index (χ0n) is 15.1. The average molecular weight is 348 g/mol. The molecular weight excluding hydrogens is 324 g/mol. The van der Waals surface area contributed by atoms with Crippen molar-refractivity contribution in [2.24, 2.45) is 0 Å². The van der Waals surface area contributed by atoms with Gasteiger partial charge < -0.3 is 10.6 Å². The molecule has 0 radical (unpaired) electrons. The standard InChI is InChI=1S/C20H24N6/c1-3-25(4-2)20-18(21)19(22-15-23-20)24-26(16-11-7-5-8-12-16)17-13-9-6-10-14-17/h5-15H,3-4,21H2,1-2H3,(H,22,23,24). The number of nitrogens with zero attached hydrogens (tertiary/aromatic N) is 4. The normalized spacial score (nSPS) is 10.4. The van der Waals surface area contributed by atoms with Crippen LogP contribution >= 0.6 is 0 Å². The maximum absolute atomic E-state index is 6.38. The van der Waals surface area contributed by atoms with Gasteiger partial charge in [0.05, 0.1) is 11.4 Å². The Labute approximate surface area is 154 Å². The lowest BCUT2D eigenvalue weighted by atomic mass is 10.2. The first-order valence-electron chi connectivity index (χ1n) is 8.76. The largest absolute Gasteiger partial charge is 0.393 e. The molecule has 0 unspecified atom stereocenters. The van der Waals surface area contributed by atoms with Crippen LogP contribution in [-0.4, -0.2) is 23.1 Å². The Kier molecular flexibility index (Phi) is 5.53. The molecule has 0 aliphatic rings. The van der Waals surface area contributed by atoms with Crippen molar-refractivity contribution in [1.82, 2.24) is 9.97 Å². The Hall–Kier alpha value is -3.28. The Morgan fingerprint density at radius 2 is 1.38 bits per heavy atom. The van der Waals surface area contributed by atoms with E-state index in [1.165, 1.54) is 0 Å². The lowest BCUT2D eigenvalue weighted by Crippen LogP contribution is -2.28. The van der Waals surface area contributed by atoms with Crippen molar-refractivity contribution < 1.29 is 0 Å². The van der Waals surface area contributed by atoms with Crippen LogP contribution in [0.5, 0.6) is 0 Å².